The lowest BCUT2D eigenvalue weighted by Gasteiger charge is -2.12. The molecule has 8 nitrogen and oxygen atoms in total. The molecule has 0 fully saturated rings. The zero-order valence-corrected chi connectivity index (χ0v) is 22.3. The number of ether oxygens (including phenoxy) is 2. The molecule has 4 rings (SSSR count). The lowest BCUT2D eigenvalue weighted by atomic mass is 10.1. The highest BCUT2D eigenvalue weighted by atomic mass is 35.5. The molecule has 208 valence electrons. The van der Waals surface area contributed by atoms with Crippen molar-refractivity contribution in [1.82, 2.24) is 18.7 Å². The van der Waals surface area contributed by atoms with Crippen molar-refractivity contribution in [2.75, 3.05) is 6.61 Å². The van der Waals surface area contributed by atoms with Gasteiger partial charge in [0.1, 0.15) is 5.75 Å². The molecule has 0 saturated heterocycles. The van der Waals surface area contributed by atoms with Gasteiger partial charge in [0.15, 0.2) is 11.2 Å². The second-order valence-corrected chi connectivity index (χ2v) is 9.51. The third-order valence-electron chi connectivity index (χ3n) is 6.16. The monoisotopic (exact) mass is 564 g/mol. The highest BCUT2D eigenvalue weighted by molar-refractivity contribution is 6.30. The summed E-state index contributed by atoms with van der Waals surface area (Å²) < 4.78 is 51.7. The number of fused-ring (bicyclic) bond motifs is 1. The van der Waals surface area contributed by atoms with Gasteiger partial charge in [-0.25, -0.2) is 4.79 Å². The molecule has 0 N–H and O–H groups in total. The summed E-state index contributed by atoms with van der Waals surface area (Å²) in [7, 11) is 1.56. The van der Waals surface area contributed by atoms with Crippen molar-refractivity contribution >= 4 is 22.8 Å². The Balaban J connectivity index is 1.61. The summed E-state index contributed by atoms with van der Waals surface area (Å²) in [6.45, 7) is 2.69. The number of aryl methyl sites for hydroxylation is 2. The third-order valence-corrected chi connectivity index (χ3v) is 6.41. The van der Waals surface area contributed by atoms with Crippen LogP contribution in [0.5, 0.6) is 11.8 Å². The van der Waals surface area contributed by atoms with E-state index in [-0.39, 0.29) is 42.6 Å². The van der Waals surface area contributed by atoms with Gasteiger partial charge in [0.05, 0.1) is 13.2 Å². The summed E-state index contributed by atoms with van der Waals surface area (Å²) in [5, 5.41) is 0.569. The van der Waals surface area contributed by atoms with E-state index in [1.54, 1.807) is 29.8 Å². The van der Waals surface area contributed by atoms with E-state index in [1.807, 2.05) is 19.1 Å². The molecule has 4 aromatic rings. The first-order valence-electron chi connectivity index (χ1n) is 12.5. The highest BCUT2D eigenvalue weighted by Crippen LogP contribution is 2.24. The molecule has 0 spiro atoms. The van der Waals surface area contributed by atoms with Crippen molar-refractivity contribution in [3.63, 3.8) is 0 Å². The van der Waals surface area contributed by atoms with Gasteiger partial charge < -0.3 is 9.47 Å². The van der Waals surface area contributed by atoms with Gasteiger partial charge in [0, 0.05) is 18.6 Å². The van der Waals surface area contributed by atoms with Crippen LogP contribution in [-0.4, -0.2) is 31.7 Å². The SMILES string of the molecule is CCCCn1c(=O)c2c(nc(OCCCc3cccc(OC(F)(F)F)c3)n2Cc2ccc(Cl)cc2)n(C)c1=O. The second-order valence-electron chi connectivity index (χ2n) is 9.08. The van der Waals surface area contributed by atoms with Gasteiger partial charge in [-0.1, -0.05) is 49.2 Å². The van der Waals surface area contributed by atoms with Crippen LogP contribution in [-0.2, 0) is 26.6 Å². The van der Waals surface area contributed by atoms with Gasteiger partial charge in [0.25, 0.3) is 11.6 Å². The first-order valence-corrected chi connectivity index (χ1v) is 12.9. The zero-order chi connectivity index (χ0) is 28.2. The maximum Gasteiger partial charge on any atom is 0.573 e. The van der Waals surface area contributed by atoms with E-state index in [1.165, 1.54) is 27.3 Å². The molecule has 2 heterocycles. The lowest BCUT2D eigenvalue weighted by molar-refractivity contribution is -0.274. The normalized spacial score (nSPS) is 11.7. The smallest absolute Gasteiger partial charge is 0.465 e. The number of rotatable bonds is 11. The minimum absolute atomic E-state index is 0.162. The maximum atomic E-state index is 13.5. The summed E-state index contributed by atoms with van der Waals surface area (Å²) in [5.41, 5.74) is 1.05. The lowest BCUT2D eigenvalue weighted by Crippen LogP contribution is -2.39. The van der Waals surface area contributed by atoms with E-state index in [0.29, 0.717) is 29.8 Å². The Kier molecular flexibility index (Phi) is 8.69. The van der Waals surface area contributed by atoms with Gasteiger partial charge in [-0.05, 0) is 54.7 Å². The Bertz CT molecular complexity index is 1560. The van der Waals surface area contributed by atoms with E-state index in [0.717, 1.165) is 12.0 Å². The van der Waals surface area contributed by atoms with Crippen LogP contribution in [0.2, 0.25) is 5.02 Å². The van der Waals surface area contributed by atoms with Gasteiger partial charge in [0.2, 0.25) is 0 Å². The number of imidazole rings is 1. The Morgan fingerprint density at radius 1 is 1.00 bits per heavy atom. The van der Waals surface area contributed by atoms with Crippen molar-refractivity contribution in [3.8, 4) is 11.8 Å². The number of unbranched alkanes of at least 4 members (excludes halogenated alkanes) is 1. The fourth-order valence-electron chi connectivity index (χ4n) is 4.23. The predicted octanol–water partition coefficient (Wildman–Crippen LogP) is 5.31. The summed E-state index contributed by atoms with van der Waals surface area (Å²) >= 11 is 6.03. The first kappa shape index (κ1) is 28.3. The van der Waals surface area contributed by atoms with Crippen LogP contribution in [0.4, 0.5) is 13.2 Å². The van der Waals surface area contributed by atoms with Crippen LogP contribution in [0, 0.1) is 0 Å². The molecule has 0 radical (unpaired) electrons. The second kappa shape index (κ2) is 12.0. The van der Waals surface area contributed by atoms with Crippen LogP contribution in [0.1, 0.15) is 37.3 Å². The van der Waals surface area contributed by atoms with E-state index < -0.39 is 17.6 Å². The van der Waals surface area contributed by atoms with Crippen LogP contribution in [0.3, 0.4) is 0 Å². The summed E-state index contributed by atoms with van der Waals surface area (Å²) in [6.07, 6.45) is -2.39. The average molecular weight is 565 g/mol. The number of benzene rings is 2. The quantitative estimate of drug-likeness (QED) is 0.231. The van der Waals surface area contributed by atoms with Crippen molar-refractivity contribution in [2.45, 2.75) is 52.1 Å². The molecule has 2 aromatic heterocycles. The van der Waals surface area contributed by atoms with E-state index >= 15 is 0 Å². The first-order chi connectivity index (χ1) is 18.6. The molecule has 2 aromatic carbocycles. The fourth-order valence-corrected chi connectivity index (χ4v) is 4.36. The van der Waals surface area contributed by atoms with Crippen LogP contribution in [0.15, 0.2) is 58.1 Å². The molecule has 0 unspecified atom stereocenters. The summed E-state index contributed by atoms with van der Waals surface area (Å²) in [5.74, 6) is -0.286. The average Bonchev–Trinajstić information content (AvgIpc) is 3.24. The van der Waals surface area contributed by atoms with Crippen molar-refractivity contribution in [3.05, 3.63) is 85.5 Å². The maximum absolute atomic E-state index is 13.5. The molecule has 0 saturated carbocycles. The van der Waals surface area contributed by atoms with Gasteiger partial charge in [-0.15, -0.1) is 13.2 Å². The number of hydrogen-bond donors (Lipinski definition) is 0. The zero-order valence-electron chi connectivity index (χ0n) is 21.5. The topological polar surface area (TPSA) is 80.3 Å². The largest absolute Gasteiger partial charge is 0.573 e. The number of halogens is 4. The molecule has 0 aliphatic heterocycles. The number of aromatic nitrogens is 4. The molecule has 39 heavy (non-hydrogen) atoms. The Labute approximate surface area is 227 Å². The molecule has 0 atom stereocenters. The Morgan fingerprint density at radius 2 is 1.74 bits per heavy atom. The summed E-state index contributed by atoms with van der Waals surface area (Å²) in [4.78, 5) is 30.8. The van der Waals surface area contributed by atoms with E-state index in [4.69, 9.17) is 16.3 Å². The highest BCUT2D eigenvalue weighted by Gasteiger charge is 2.31. The minimum atomic E-state index is -4.76. The van der Waals surface area contributed by atoms with Crippen molar-refractivity contribution < 1.29 is 22.6 Å². The van der Waals surface area contributed by atoms with Gasteiger partial charge >= 0.3 is 12.1 Å². The van der Waals surface area contributed by atoms with Crippen molar-refractivity contribution in [2.24, 2.45) is 7.05 Å². The summed E-state index contributed by atoms with van der Waals surface area (Å²) in [6, 6.07) is 13.1. The number of nitrogens with zero attached hydrogens (tertiary/aromatic N) is 4. The molecule has 0 amide bonds. The minimum Gasteiger partial charge on any atom is -0.465 e. The van der Waals surface area contributed by atoms with Gasteiger partial charge in [-0.3, -0.25) is 18.5 Å². The van der Waals surface area contributed by atoms with Crippen LogP contribution >= 0.6 is 11.6 Å². The number of alkyl halides is 3. The predicted molar refractivity (Wildman–Crippen MR) is 142 cm³/mol. The van der Waals surface area contributed by atoms with Crippen molar-refractivity contribution in [1.29, 1.82) is 0 Å². The van der Waals surface area contributed by atoms with Gasteiger partial charge in [-0.2, -0.15) is 4.98 Å². The Hall–Kier alpha value is -3.73. The van der Waals surface area contributed by atoms with E-state index in [9.17, 15) is 22.8 Å². The molecule has 0 aliphatic carbocycles. The van der Waals surface area contributed by atoms with Crippen LogP contribution in [0.25, 0.3) is 11.2 Å². The third kappa shape index (κ3) is 6.83. The fraction of sp³-hybridized carbons (Fsp3) is 0.370. The molecule has 12 heteroatoms. The van der Waals surface area contributed by atoms with Crippen LogP contribution < -0.4 is 20.7 Å². The molecule has 0 aliphatic rings. The molecular formula is C27H28ClF3N4O4. The standard InChI is InChI=1S/C27H28ClF3N4O4/c1-3-4-14-34-24(36)22-23(33(2)26(34)37)32-25(35(22)17-19-10-12-20(28)13-11-19)38-15-6-8-18-7-5-9-21(16-18)39-27(29,30)31/h5,7,9-13,16H,3-4,6,8,14-15,17H2,1-2H3. The number of hydrogen-bond acceptors (Lipinski definition) is 5. The molecule has 0 bridgehead atoms. The Morgan fingerprint density at radius 3 is 2.44 bits per heavy atom. The molecular weight excluding hydrogens is 537 g/mol. The van der Waals surface area contributed by atoms with E-state index in [2.05, 4.69) is 9.72 Å².